The Morgan fingerprint density at radius 2 is 0.486 bits per heavy atom. The van der Waals surface area contributed by atoms with Gasteiger partial charge in [-0.25, -0.2) is 0 Å². The summed E-state index contributed by atoms with van der Waals surface area (Å²) in [7, 11) is 3.18. The van der Waals surface area contributed by atoms with E-state index in [0.29, 0.717) is 0 Å². The molecule has 12 bridgehead atoms. The molecule has 0 spiro atoms. The van der Waals surface area contributed by atoms with Crippen LogP contribution < -0.4 is 0 Å². The zero-order valence-corrected chi connectivity index (χ0v) is 37.6. The zero-order chi connectivity index (χ0) is 51.0. The topological polar surface area (TPSA) is 467 Å². The predicted octanol–water partition coefficient (Wildman–Crippen LogP) is -12.5. The molecule has 0 amide bonds. The van der Waals surface area contributed by atoms with Crippen molar-refractivity contribution in [2.75, 3.05) is 60.5 Å². The lowest BCUT2D eigenvalue weighted by molar-refractivity contribution is -0.405. The van der Waals surface area contributed by atoms with Crippen LogP contribution in [0.1, 0.15) is 0 Å². The monoisotopic (exact) mass is 1030 g/mol. The molecule has 0 aliphatic carbocycles. The third kappa shape index (κ3) is 11.3. The highest BCUT2D eigenvalue weighted by molar-refractivity contribution is 5.01. The second-order valence-electron chi connectivity index (χ2n) is 18.2. The van der Waals surface area contributed by atoms with Crippen molar-refractivity contribution in [1.82, 2.24) is 4.90 Å². The van der Waals surface area contributed by atoms with Crippen molar-refractivity contribution in [1.29, 1.82) is 0 Å². The summed E-state index contributed by atoms with van der Waals surface area (Å²) >= 11 is 0. The van der Waals surface area contributed by atoms with Gasteiger partial charge < -0.3 is 148 Å². The number of hydrogen-bond donors (Lipinski definition) is 17. The molecule has 22 heterocycles. The van der Waals surface area contributed by atoms with E-state index in [2.05, 4.69) is 0 Å². The van der Waals surface area contributed by atoms with Crippen LogP contribution in [0.25, 0.3) is 0 Å². The molecule has 408 valence electrons. The Bertz CT molecular complexity index is 1600. The van der Waals surface area contributed by atoms with Crippen LogP contribution in [-0.2, 0) is 61.6 Å². The number of ether oxygens (including phenoxy) is 13. The fourth-order valence-corrected chi connectivity index (χ4v) is 9.34. The summed E-state index contributed by atoms with van der Waals surface area (Å²) in [5.41, 5.74) is 0. The van der Waals surface area contributed by atoms with Gasteiger partial charge in [0.25, 0.3) is 0 Å². The normalized spacial score (nSPS) is 53.0. The predicted molar refractivity (Wildman–Crippen MR) is 213 cm³/mol. The quantitative estimate of drug-likeness (QED) is 0.0954. The van der Waals surface area contributed by atoms with E-state index in [1.807, 2.05) is 0 Å². The summed E-state index contributed by atoms with van der Waals surface area (Å²) in [6, 6.07) is 0. The summed E-state index contributed by atoms with van der Waals surface area (Å²) in [6.45, 7) is -6.09. The zero-order valence-electron chi connectivity index (χ0n) is 37.6. The largest absolute Gasteiger partial charge is 0.394 e. The number of nitrogens with zero attached hydrogens (tertiary/aromatic N) is 1. The van der Waals surface area contributed by atoms with Crippen molar-refractivity contribution < 1.29 is 148 Å². The fourth-order valence-electron chi connectivity index (χ4n) is 9.34. The molecule has 31 nitrogen and oxygen atoms in total. The van der Waals surface area contributed by atoms with Crippen LogP contribution >= 0.6 is 0 Å². The van der Waals surface area contributed by atoms with E-state index in [-0.39, 0.29) is 6.73 Å². The Kier molecular flexibility index (Phi) is 19.5. The van der Waals surface area contributed by atoms with E-state index in [0.717, 1.165) is 0 Å². The average Bonchev–Trinajstić information content (AvgIpc) is 3.34. The number of aliphatic hydroxyl groups excluding tert-OH is 17. The van der Waals surface area contributed by atoms with E-state index < -0.39 is 224 Å². The second kappa shape index (κ2) is 24.2. The highest BCUT2D eigenvalue weighted by atomic mass is 16.8. The van der Waals surface area contributed by atoms with Gasteiger partial charge in [0.15, 0.2) is 37.7 Å². The minimum absolute atomic E-state index is 0.242. The van der Waals surface area contributed by atoms with Crippen LogP contribution in [-0.4, -0.2) is 336 Å². The standard InChI is InChI=1S/C39H67NO30/c1-40(2)9-58-33-26(57)39-64-15(8-46)32(33)70-38-25(56)20(51)30(13(6-44)63-38)68-36-23(54)18(49)28(11(4-42)61-36)66-34-21(52)16(47)27(10(3-41)59-34)65-35-22(53)17(48)29(12(5-43)60-35)67-37-24(55)19(50)31(69-39)14(7-45)62-37/h10-39,41-57H,3-9H2,1-2H3/t10-,11-,12-,13-,14-,15-,16-,17-,18-,19-,20-,21-,22-,23-,24-,25-,26-,27-,28-,29-,30-,31-,32+,33-,34-,35-,36-,37-,38-,39-/m1/s1. The molecule has 0 radical (unpaired) electrons. The van der Waals surface area contributed by atoms with Gasteiger partial charge in [0.05, 0.1) is 46.4 Å². The highest BCUT2D eigenvalue weighted by Crippen LogP contribution is 2.38. The van der Waals surface area contributed by atoms with Crippen LogP contribution in [0.2, 0.25) is 0 Å². The van der Waals surface area contributed by atoms with E-state index in [4.69, 9.17) is 61.6 Å². The van der Waals surface area contributed by atoms with Gasteiger partial charge in [-0.05, 0) is 14.1 Å². The molecule has 0 aromatic carbocycles. The van der Waals surface area contributed by atoms with E-state index in [9.17, 15) is 86.8 Å². The molecule has 22 aliphatic heterocycles. The lowest BCUT2D eigenvalue weighted by Gasteiger charge is -2.51. The molecule has 0 aromatic rings. The van der Waals surface area contributed by atoms with Gasteiger partial charge in [0.1, 0.15) is 146 Å². The van der Waals surface area contributed by atoms with Gasteiger partial charge in [-0.3, -0.25) is 4.90 Å². The summed E-state index contributed by atoms with van der Waals surface area (Å²) in [5, 5.41) is 187. The molecule has 0 aromatic heterocycles. The van der Waals surface area contributed by atoms with Gasteiger partial charge in [0.2, 0.25) is 0 Å². The molecule has 17 N–H and O–H groups in total. The maximum absolute atomic E-state index is 11.7. The maximum atomic E-state index is 11.7. The van der Waals surface area contributed by atoms with E-state index in [1.165, 1.54) is 4.90 Å². The molecule has 0 saturated carbocycles. The smallest absolute Gasteiger partial charge is 0.187 e. The van der Waals surface area contributed by atoms with Crippen molar-refractivity contribution in [2.24, 2.45) is 0 Å². The minimum Gasteiger partial charge on any atom is -0.394 e. The number of rotatable bonds is 9. The maximum Gasteiger partial charge on any atom is 0.187 e. The Morgan fingerprint density at radius 1 is 0.286 bits per heavy atom. The molecule has 0 unspecified atom stereocenters. The molecule has 22 aliphatic rings. The van der Waals surface area contributed by atoms with Gasteiger partial charge >= 0.3 is 0 Å². The Balaban J connectivity index is 1.22. The molecule has 70 heavy (non-hydrogen) atoms. The van der Waals surface area contributed by atoms with Crippen molar-refractivity contribution in [2.45, 2.75) is 184 Å². The second-order valence-corrected chi connectivity index (χ2v) is 18.2. The van der Waals surface area contributed by atoms with Crippen molar-refractivity contribution in [3.63, 3.8) is 0 Å². The lowest BCUT2D eigenvalue weighted by Crippen LogP contribution is -2.69. The van der Waals surface area contributed by atoms with Crippen molar-refractivity contribution in [3.05, 3.63) is 0 Å². The first-order valence-electron chi connectivity index (χ1n) is 22.6. The molecule has 30 atom stereocenters. The molecule has 22 rings (SSSR count). The first-order chi connectivity index (χ1) is 33.3. The summed E-state index contributed by atoms with van der Waals surface area (Å²) < 4.78 is 75.2. The molecule has 31 heteroatoms. The van der Waals surface area contributed by atoms with Crippen LogP contribution in [0.3, 0.4) is 0 Å². The highest BCUT2D eigenvalue weighted by Gasteiger charge is 2.59. The number of aliphatic hydroxyl groups is 17. The Labute approximate surface area is 397 Å². The van der Waals surface area contributed by atoms with Crippen LogP contribution in [0.5, 0.6) is 0 Å². The molecular formula is C39H67NO30. The van der Waals surface area contributed by atoms with Crippen molar-refractivity contribution in [3.8, 4) is 0 Å². The lowest BCUT2D eigenvalue weighted by atomic mass is 9.94. The summed E-state index contributed by atoms with van der Waals surface area (Å²) in [5.74, 6) is 0. The fraction of sp³-hybridized carbons (Fsp3) is 1.00. The van der Waals surface area contributed by atoms with E-state index in [1.54, 1.807) is 14.1 Å². The Morgan fingerprint density at radius 3 is 0.700 bits per heavy atom. The first kappa shape index (κ1) is 56.5. The average molecular weight is 1030 g/mol. The Hall–Kier alpha value is -1.24. The van der Waals surface area contributed by atoms with Crippen LogP contribution in [0.15, 0.2) is 0 Å². The third-order valence-corrected chi connectivity index (χ3v) is 13.2. The van der Waals surface area contributed by atoms with Gasteiger partial charge in [-0.1, -0.05) is 0 Å². The summed E-state index contributed by atoms with van der Waals surface area (Å²) in [4.78, 5) is 1.52. The summed E-state index contributed by atoms with van der Waals surface area (Å²) in [6.07, 6.45) is -57.0. The molecule has 22 fully saturated rings. The third-order valence-electron chi connectivity index (χ3n) is 13.2. The van der Waals surface area contributed by atoms with E-state index >= 15 is 0 Å². The van der Waals surface area contributed by atoms with Gasteiger partial charge in [0, 0.05) is 0 Å². The van der Waals surface area contributed by atoms with Gasteiger partial charge in [-0.2, -0.15) is 0 Å². The van der Waals surface area contributed by atoms with Crippen LogP contribution in [0.4, 0.5) is 0 Å². The van der Waals surface area contributed by atoms with Crippen molar-refractivity contribution >= 4 is 0 Å². The minimum atomic E-state index is -2.14. The SMILES string of the molecule is CN(C)CO[C@@H]1[C@@H](O)[C@H]2O[C@H]3[C@H](O)[C@@H](O)[C@@H](O[C@H]4[C@H](O)[C@@H](O)[C@@H](O[C@H]5[C@H](O)[C@@H](O)[C@@H](O[C@H]6[C@H](O)[C@@H](O)[C@@H](O[C@H]7[C@H](O)[C@@H](O)[C@@H](O[C@H]1[C@@H](CO)O2)O[C@@H]7CO)O[C@@H]6CO)O[C@@H]5CO)O[C@@H]4CO)O[C@@H]3CO. The first-order valence-corrected chi connectivity index (χ1v) is 22.6. The van der Waals surface area contributed by atoms with Crippen LogP contribution in [0, 0.1) is 0 Å². The van der Waals surface area contributed by atoms with Gasteiger partial charge in [-0.15, -0.1) is 0 Å². The molecular weight excluding hydrogens is 962 g/mol. The molecule has 22 saturated heterocycles. The number of hydrogen-bond acceptors (Lipinski definition) is 31.